The van der Waals surface area contributed by atoms with Crippen molar-refractivity contribution in [3.8, 4) is 0 Å². The van der Waals surface area contributed by atoms with Crippen LogP contribution in [0.3, 0.4) is 0 Å². The van der Waals surface area contributed by atoms with E-state index in [1.165, 1.54) is 0 Å². The molecule has 0 bridgehead atoms. The molecule has 0 saturated carbocycles. The predicted octanol–water partition coefficient (Wildman–Crippen LogP) is 2.91. The molecule has 1 fully saturated rings. The number of nitrogen functional groups attached to an aromatic ring is 1. The van der Waals surface area contributed by atoms with Gasteiger partial charge in [-0.3, -0.25) is 10.2 Å². The van der Waals surface area contributed by atoms with Gasteiger partial charge in [0.25, 0.3) is 0 Å². The van der Waals surface area contributed by atoms with Crippen molar-refractivity contribution in [1.29, 1.82) is 5.41 Å². The number of carbonyl (C=O) groups is 1. The number of amidine groups is 1. The van der Waals surface area contributed by atoms with Gasteiger partial charge in [-0.1, -0.05) is 12.1 Å². The molecule has 2 aromatic rings. The minimum atomic E-state index is -0.780. The van der Waals surface area contributed by atoms with Crippen molar-refractivity contribution in [3.63, 3.8) is 0 Å². The van der Waals surface area contributed by atoms with Crippen LogP contribution in [0.2, 0.25) is 0 Å². The van der Waals surface area contributed by atoms with Gasteiger partial charge in [0, 0.05) is 30.0 Å². The molecule has 0 aromatic heterocycles. The smallest absolute Gasteiger partial charge is 0.309 e. The topological polar surface area (TPSA) is 93.7 Å². The van der Waals surface area contributed by atoms with Gasteiger partial charge in [0.2, 0.25) is 0 Å². The van der Waals surface area contributed by atoms with Crippen LogP contribution in [-0.4, -0.2) is 36.7 Å². The Kier molecular flexibility index (Phi) is 5.08. The van der Waals surface area contributed by atoms with Crippen LogP contribution in [0.5, 0.6) is 0 Å². The van der Waals surface area contributed by atoms with Gasteiger partial charge >= 0.3 is 5.97 Å². The van der Waals surface area contributed by atoms with Gasteiger partial charge < -0.3 is 20.6 Å². The van der Waals surface area contributed by atoms with E-state index < -0.39 is 11.4 Å². The number of nitrogens with one attached hydrogen (secondary N) is 1. The Bertz CT molecular complexity index is 828. The molecule has 0 aliphatic carbocycles. The third-order valence-electron chi connectivity index (χ3n) is 5.05. The number of benzene rings is 2. The van der Waals surface area contributed by atoms with Gasteiger partial charge in [0.1, 0.15) is 5.84 Å². The second-order valence-corrected chi connectivity index (χ2v) is 7.66. The third-order valence-corrected chi connectivity index (χ3v) is 5.05. The lowest BCUT2D eigenvalue weighted by Gasteiger charge is -2.22. The highest BCUT2D eigenvalue weighted by Gasteiger charge is 2.27. The van der Waals surface area contributed by atoms with Crippen molar-refractivity contribution < 1.29 is 9.90 Å². The first-order chi connectivity index (χ1) is 12.8. The van der Waals surface area contributed by atoms with Crippen molar-refractivity contribution in [2.45, 2.75) is 20.3 Å². The molecule has 1 aliphatic rings. The van der Waals surface area contributed by atoms with Crippen molar-refractivity contribution in [1.82, 2.24) is 0 Å². The second kappa shape index (κ2) is 7.31. The fraction of sp³-hybridized carbons (Fsp3) is 0.333. The average molecular weight is 366 g/mol. The van der Waals surface area contributed by atoms with E-state index in [0.717, 1.165) is 42.3 Å². The summed E-state index contributed by atoms with van der Waals surface area (Å²) in [6.45, 7) is 6.14. The summed E-state index contributed by atoms with van der Waals surface area (Å²) < 4.78 is 0. The largest absolute Gasteiger partial charge is 0.481 e. The molecule has 3 rings (SSSR count). The standard InChI is InChI=1S/C21H26N4O2/c1-21(2,20(26)27)13-15-3-7-17(8-4-15)24-11-12-25(14-24)18-9-5-16(6-10-18)19(22)23/h3-10H,11-14H2,1-2H3,(H3,22,23)(H,26,27). The van der Waals surface area contributed by atoms with E-state index in [4.69, 9.17) is 11.1 Å². The van der Waals surface area contributed by atoms with Crippen molar-refractivity contribution >= 4 is 23.2 Å². The van der Waals surface area contributed by atoms with E-state index in [1.54, 1.807) is 13.8 Å². The van der Waals surface area contributed by atoms with Gasteiger partial charge in [-0.2, -0.15) is 0 Å². The molecule has 1 heterocycles. The molecule has 27 heavy (non-hydrogen) atoms. The van der Waals surface area contributed by atoms with Crippen LogP contribution in [0.15, 0.2) is 48.5 Å². The van der Waals surface area contributed by atoms with Crippen LogP contribution >= 0.6 is 0 Å². The molecule has 6 nitrogen and oxygen atoms in total. The normalized spacial score (nSPS) is 14.4. The Morgan fingerprint density at radius 3 is 1.96 bits per heavy atom. The predicted molar refractivity (Wildman–Crippen MR) is 109 cm³/mol. The Balaban J connectivity index is 1.65. The lowest BCUT2D eigenvalue weighted by atomic mass is 9.86. The van der Waals surface area contributed by atoms with E-state index in [1.807, 2.05) is 36.4 Å². The summed E-state index contributed by atoms with van der Waals surface area (Å²) in [6.07, 6.45) is 0.511. The molecule has 1 saturated heterocycles. The number of rotatable bonds is 6. The molecule has 6 heteroatoms. The molecule has 0 atom stereocenters. The van der Waals surface area contributed by atoms with Crippen LogP contribution in [0.1, 0.15) is 25.0 Å². The fourth-order valence-corrected chi connectivity index (χ4v) is 3.27. The zero-order chi connectivity index (χ0) is 19.6. The van der Waals surface area contributed by atoms with Gasteiger partial charge in [-0.15, -0.1) is 0 Å². The maximum atomic E-state index is 11.3. The zero-order valence-corrected chi connectivity index (χ0v) is 15.8. The molecule has 2 aromatic carbocycles. The van der Waals surface area contributed by atoms with Crippen LogP contribution in [0, 0.1) is 10.8 Å². The van der Waals surface area contributed by atoms with Crippen molar-refractivity contribution in [2.75, 3.05) is 29.6 Å². The van der Waals surface area contributed by atoms with E-state index in [-0.39, 0.29) is 5.84 Å². The summed E-state index contributed by atoms with van der Waals surface area (Å²) in [5.41, 5.74) is 8.75. The van der Waals surface area contributed by atoms with E-state index >= 15 is 0 Å². The first-order valence-electron chi connectivity index (χ1n) is 9.03. The molecule has 4 N–H and O–H groups in total. The SMILES string of the molecule is CC(C)(Cc1ccc(N2CCN(c3ccc(C(=N)N)cc3)C2)cc1)C(=O)O. The van der Waals surface area contributed by atoms with Gasteiger partial charge in [0.15, 0.2) is 0 Å². The Morgan fingerprint density at radius 2 is 1.52 bits per heavy atom. The van der Waals surface area contributed by atoms with Crippen LogP contribution in [0.25, 0.3) is 0 Å². The Hall–Kier alpha value is -3.02. The second-order valence-electron chi connectivity index (χ2n) is 7.66. The molecule has 1 aliphatic heterocycles. The number of anilines is 2. The number of hydrogen-bond donors (Lipinski definition) is 3. The van der Waals surface area contributed by atoms with E-state index in [2.05, 4.69) is 21.9 Å². The van der Waals surface area contributed by atoms with Crippen LogP contribution in [0.4, 0.5) is 11.4 Å². The number of nitrogens with two attached hydrogens (primary N) is 1. The monoisotopic (exact) mass is 366 g/mol. The highest BCUT2D eigenvalue weighted by Crippen LogP contribution is 2.26. The lowest BCUT2D eigenvalue weighted by molar-refractivity contribution is -0.146. The number of nitrogens with zero attached hydrogens (tertiary/aromatic N) is 2. The quantitative estimate of drug-likeness (QED) is 0.540. The first-order valence-corrected chi connectivity index (χ1v) is 9.03. The highest BCUT2D eigenvalue weighted by molar-refractivity contribution is 5.95. The molecule has 142 valence electrons. The van der Waals surface area contributed by atoms with Crippen molar-refractivity contribution in [3.05, 3.63) is 59.7 Å². The number of aliphatic carboxylic acids is 1. The maximum Gasteiger partial charge on any atom is 0.309 e. The molecule has 0 amide bonds. The zero-order valence-electron chi connectivity index (χ0n) is 15.8. The molecular formula is C21H26N4O2. The Labute approximate surface area is 159 Å². The molecule has 0 unspecified atom stereocenters. The summed E-state index contributed by atoms with van der Waals surface area (Å²) in [6, 6.07) is 15.9. The summed E-state index contributed by atoms with van der Waals surface area (Å²) in [5, 5.41) is 16.8. The number of hydrogen-bond acceptors (Lipinski definition) is 4. The maximum absolute atomic E-state index is 11.3. The fourth-order valence-electron chi connectivity index (χ4n) is 3.27. The third kappa shape index (κ3) is 4.22. The summed E-state index contributed by atoms with van der Waals surface area (Å²) >= 11 is 0. The number of carboxylic acid groups (broad SMARTS) is 1. The van der Waals surface area contributed by atoms with E-state index in [9.17, 15) is 9.90 Å². The summed E-state index contributed by atoms with van der Waals surface area (Å²) in [4.78, 5) is 15.9. The van der Waals surface area contributed by atoms with Crippen molar-refractivity contribution in [2.24, 2.45) is 11.1 Å². The summed E-state index contributed by atoms with van der Waals surface area (Å²) in [5.74, 6) is -0.701. The highest BCUT2D eigenvalue weighted by atomic mass is 16.4. The Morgan fingerprint density at radius 1 is 1.04 bits per heavy atom. The molecular weight excluding hydrogens is 340 g/mol. The average Bonchev–Trinajstić information content (AvgIpc) is 3.12. The summed E-state index contributed by atoms with van der Waals surface area (Å²) in [7, 11) is 0. The van der Waals surface area contributed by atoms with Gasteiger partial charge in [-0.25, -0.2) is 0 Å². The van der Waals surface area contributed by atoms with E-state index in [0.29, 0.717) is 6.42 Å². The molecule has 0 radical (unpaired) electrons. The first kappa shape index (κ1) is 18.8. The van der Waals surface area contributed by atoms with Crippen LogP contribution < -0.4 is 15.5 Å². The minimum Gasteiger partial charge on any atom is -0.481 e. The molecule has 0 spiro atoms. The van der Waals surface area contributed by atoms with Gasteiger partial charge in [-0.05, 0) is 62.2 Å². The van der Waals surface area contributed by atoms with Crippen LogP contribution in [-0.2, 0) is 11.2 Å². The number of carboxylic acids is 1. The van der Waals surface area contributed by atoms with Gasteiger partial charge in [0.05, 0.1) is 12.1 Å². The minimum absolute atomic E-state index is 0.0794. The lowest BCUT2D eigenvalue weighted by Crippen LogP contribution is -2.26.